The number of non-ortho nitro benzene ring substituents is 2. The summed E-state index contributed by atoms with van der Waals surface area (Å²) in [4.78, 5) is 44.4. The van der Waals surface area contributed by atoms with Crippen LogP contribution in [0, 0.1) is 20.2 Å². The van der Waals surface area contributed by atoms with E-state index in [9.17, 15) is 40.0 Å². The molecule has 0 saturated heterocycles. The molecule has 2 N–H and O–H groups in total. The monoisotopic (exact) mass is 480 g/mol. The summed E-state index contributed by atoms with van der Waals surface area (Å²) in [5, 5.41) is 52.0. The first-order valence-corrected chi connectivity index (χ1v) is 9.33. The molecule has 0 saturated carbocycles. The summed E-state index contributed by atoms with van der Waals surface area (Å²) in [6, 6.07) is 8.28. The van der Waals surface area contributed by atoms with Gasteiger partial charge in [0.2, 0.25) is 0 Å². The molecular weight excluding hydrogens is 468 g/mol. The Balaban J connectivity index is 1.61. The number of amides is 2. The van der Waals surface area contributed by atoms with E-state index in [-0.39, 0.29) is 34.0 Å². The van der Waals surface area contributed by atoms with Crippen molar-refractivity contribution in [2.45, 2.75) is 0 Å². The highest BCUT2D eigenvalue weighted by Gasteiger charge is 2.15. The molecule has 0 radical (unpaired) electrons. The molecule has 35 heavy (non-hydrogen) atoms. The maximum absolute atomic E-state index is 12.1. The Morgan fingerprint density at radius 3 is 1.51 bits per heavy atom. The molecular formula is C20H12N6O9-2. The van der Waals surface area contributed by atoms with Crippen molar-refractivity contribution in [3.63, 3.8) is 0 Å². The molecule has 3 rings (SSSR count). The Morgan fingerprint density at radius 2 is 1.14 bits per heavy atom. The summed E-state index contributed by atoms with van der Waals surface area (Å²) >= 11 is 0. The van der Waals surface area contributed by atoms with Gasteiger partial charge in [-0.1, -0.05) is 23.6 Å². The van der Waals surface area contributed by atoms with Crippen molar-refractivity contribution in [3.8, 4) is 11.5 Å². The minimum atomic E-state index is -0.894. The molecule has 15 heteroatoms. The lowest BCUT2D eigenvalue weighted by Gasteiger charge is -2.08. The summed E-state index contributed by atoms with van der Waals surface area (Å²) in [6.45, 7) is 0. The van der Waals surface area contributed by atoms with Crippen molar-refractivity contribution in [2.24, 2.45) is 10.2 Å². The number of nitrogens with one attached hydrogen (secondary N) is 2. The van der Waals surface area contributed by atoms with Crippen LogP contribution in [-0.4, -0.2) is 34.1 Å². The molecule has 0 unspecified atom stereocenters. The van der Waals surface area contributed by atoms with Crippen LogP contribution in [0.3, 0.4) is 0 Å². The average molecular weight is 480 g/mol. The summed E-state index contributed by atoms with van der Waals surface area (Å²) < 4.78 is 5.09. The number of benzene rings is 2. The second-order valence-corrected chi connectivity index (χ2v) is 6.52. The molecule has 15 nitrogen and oxygen atoms in total. The number of nitrogens with zero attached hydrogens (tertiary/aromatic N) is 4. The molecule has 1 heterocycles. The Bertz CT molecular complexity index is 1280. The lowest BCUT2D eigenvalue weighted by Crippen LogP contribution is -2.18. The van der Waals surface area contributed by atoms with Gasteiger partial charge in [0.1, 0.15) is 0 Å². The third-order valence-electron chi connectivity index (χ3n) is 4.20. The van der Waals surface area contributed by atoms with Crippen molar-refractivity contribution in [1.29, 1.82) is 0 Å². The second-order valence-electron chi connectivity index (χ2n) is 6.52. The molecule has 0 aliphatic heterocycles. The predicted molar refractivity (Wildman–Crippen MR) is 114 cm³/mol. The standard InChI is InChI=1S/C20H14N6O9/c27-15-3-1-13(25(31)32)7-11(15)9-21-23-19(29)17-5-6-18(35-17)20(30)24-22-10-12-8-14(26(33)34)2-4-16(12)28/h1-10,27-28H,(H,23,29)(H,24,30)/p-2/b21-9-,22-10-. The highest BCUT2D eigenvalue weighted by atomic mass is 16.6. The lowest BCUT2D eigenvalue weighted by molar-refractivity contribution is -0.385. The number of nitro benzene ring substituents is 2. The zero-order valence-corrected chi connectivity index (χ0v) is 17.2. The van der Waals surface area contributed by atoms with Crippen molar-refractivity contribution in [2.75, 3.05) is 0 Å². The van der Waals surface area contributed by atoms with Crippen LogP contribution in [0.5, 0.6) is 11.5 Å². The van der Waals surface area contributed by atoms with Gasteiger partial charge in [0, 0.05) is 24.3 Å². The Kier molecular flexibility index (Phi) is 7.11. The van der Waals surface area contributed by atoms with E-state index in [0.29, 0.717) is 0 Å². The van der Waals surface area contributed by atoms with Crippen molar-refractivity contribution < 1.29 is 34.1 Å². The van der Waals surface area contributed by atoms with Gasteiger partial charge in [0.05, 0.1) is 22.3 Å². The molecule has 3 aromatic rings. The fourth-order valence-corrected chi connectivity index (χ4v) is 2.51. The SMILES string of the molecule is O=C(N/N=C\c1cc([N+](=O)[O-])ccc1[O-])c1ccc(C(=O)N/N=C\c2cc([N+](=O)[O-])ccc2[O-])o1. The van der Waals surface area contributed by atoms with Crippen LogP contribution in [0.2, 0.25) is 0 Å². The fraction of sp³-hybridized carbons (Fsp3) is 0. The molecule has 2 amide bonds. The van der Waals surface area contributed by atoms with Crippen LogP contribution >= 0.6 is 0 Å². The average Bonchev–Trinajstić information content (AvgIpc) is 3.31. The molecule has 1 aromatic heterocycles. The first-order chi connectivity index (χ1) is 16.7. The van der Waals surface area contributed by atoms with Gasteiger partial charge in [-0.2, -0.15) is 10.2 Å². The highest BCUT2D eigenvalue weighted by Crippen LogP contribution is 2.20. The minimum absolute atomic E-state index is 0.137. The van der Waals surface area contributed by atoms with E-state index in [2.05, 4.69) is 10.2 Å². The van der Waals surface area contributed by atoms with E-state index in [4.69, 9.17) is 4.42 Å². The summed E-state index contributed by atoms with van der Waals surface area (Å²) in [5.74, 6) is -3.57. The van der Waals surface area contributed by atoms with E-state index in [1.165, 1.54) is 0 Å². The van der Waals surface area contributed by atoms with Gasteiger partial charge in [0.15, 0.2) is 11.5 Å². The molecule has 0 fully saturated rings. The van der Waals surface area contributed by atoms with Crippen LogP contribution in [0.1, 0.15) is 32.2 Å². The zero-order chi connectivity index (χ0) is 25.5. The normalized spacial score (nSPS) is 11.0. The number of hydrogen-bond acceptors (Lipinski definition) is 11. The Morgan fingerprint density at radius 1 is 0.743 bits per heavy atom. The molecule has 0 aliphatic rings. The number of nitro groups is 2. The third-order valence-corrected chi connectivity index (χ3v) is 4.20. The van der Waals surface area contributed by atoms with Gasteiger partial charge in [-0.15, -0.1) is 0 Å². The van der Waals surface area contributed by atoms with Gasteiger partial charge in [-0.05, 0) is 23.3 Å². The molecule has 0 atom stereocenters. The van der Waals surface area contributed by atoms with Gasteiger partial charge in [0.25, 0.3) is 11.4 Å². The van der Waals surface area contributed by atoms with Crippen LogP contribution < -0.4 is 21.1 Å². The molecule has 0 aliphatic carbocycles. The fourth-order valence-electron chi connectivity index (χ4n) is 2.51. The van der Waals surface area contributed by atoms with Gasteiger partial charge >= 0.3 is 11.8 Å². The highest BCUT2D eigenvalue weighted by molar-refractivity contribution is 5.96. The van der Waals surface area contributed by atoms with E-state index in [0.717, 1.165) is 61.0 Å². The number of hydrogen-bond donors (Lipinski definition) is 2. The number of carbonyl (C=O) groups excluding carboxylic acids is 2. The Labute approximate surface area is 194 Å². The Hall–Kier alpha value is -5.60. The van der Waals surface area contributed by atoms with Crippen LogP contribution in [0.15, 0.2) is 63.2 Å². The topological polar surface area (TPSA) is 228 Å². The summed E-state index contributed by atoms with van der Waals surface area (Å²) in [7, 11) is 0. The van der Waals surface area contributed by atoms with Crippen molar-refractivity contribution in [1.82, 2.24) is 10.9 Å². The predicted octanol–water partition coefficient (Wildman–Crippen LogP) is 0.771. The quantitative estimate of drug-likeness (QED) is 0.263. The lowest BCUT2D eigenvalue weighted by atomic mass is 10.2. The van der Waals surface area contributed by atoms with Crippen molar-refractivity contribution >= 4 is 35.6 Å². The van der Waals surface area contributed by atoms with Crippen LogP contribution in [-0.2, 0) is 0 Å². The van der Waals surface area contributed by atoms with Crippen LogP contribution in [0.4, 0.5) is 11.4 Å². The maximum Gasteiger partial charge on any atom is 0.307 e. The molecule has 0 bridgehead atoms. The molecule has 178 valence electrons. The van der Waals surface area contributed by atoms with Gasteiger partial charge in [-0.25, -0.2) is 10.9 Å². The van der Waals surface area contributed by atoms with E-state index in [1.807, 2.05) is 10.9 Å². The minimum Gasteiger partial charge on any atom is -0.872 e. The van der Waals surface area contributed by atoms with E-state index >= 15 is 0 Å². The van der Waals surface area contributed by atoms with Gasteiger partial charge < -0.3 is 14.6 Å². The van der Waals surface area contributed by atoms with Gasteiger partial charge in [-0.3, -0.25) is 29.8 Å². The smallest absolute Gasteiger partial charge is 0.307 e. The number of furan rings is 1. The first kappa shape index (κ1) is 24.1. The van der Waals surface area contributed by atoms with E-state index in [1.54, 1.807) is 0 Å². The number of rotatable bonds is 8. The largest absolute Gasteiger partial charge is 0.872 e. The first-order valence-electron chi connectivity index (χ1n) is 9.33. The van der Waals surface area contributed by atoms with Crippen LogP contribution in [0.25, 0.3) is 0 Å². The maximum atomic E-state index is 12.1. The summed E-state index contributed by atoms with van der Waals surface area (Å²) in [5.41, 5.74) is 3.13. The second kappa shape index (κ2) is 10.3. The zero-order valence-electron chi connectivity index (χ0n) is 17.2. The van der Waals surface area contributed by atoms with Crippen molar-refractivity contribution in [3.05, 3.63) is 91.4 Å². The molecule has 0 spiro atoms. The molecule has 2 aromatic carbocycles. The number of hydrazone groups is 2. The summed E-state index contributed by atoms with van der Waals surface area (Å²) in [6.07, 6.45) is 1.83. The third kappa shape index (κ3) is 6.01. The number of carbonyl (C=O) groups is 2. The van der Waals surface area contributed by atoms with E-state index < -0.39 is 33.2 Å².